The molecule has 2 heterocycles. The van der Waals surface area contributed by atoms with Gasteiger partial charge in [-0.3, -0.25) is 0 Å². The van der Waals surface area contributed by atoms with Gasteiger partial charge in [0.1, 0.15) is 18.3 Å². The minimum absolute atomic E-state index is 0.554. The lowest BCUT2D eigenvalue weighted by Gasteiger charge is -2.35. The summed E-state index contributed by atoms with van der Waals surface area (Å²) < 4.78 is 16.4. The van der Waals surface area contributed by atoms with Gasteiger partial charge in [0.05, 0.1) is 6.61 Å². The molecule has 0 saturated carbocycles. The number of ether oxygens (including phenoxy) is 3. The first-order valence-corrected chi connectivity index (χ1v) is 5.49. The molecule has 0 bridgehead atoms. The smallest absolute Gasteiger partial charge is 0.190 e. The third-order valence-corrected chi connectivity index (χ3v) is 3.21. The van der Waals surface area contributed by atoms with Crippen LogP contribution in [0.2, 0.25) is 0 Å². The average molecular weight is 246 g/mol. The highest BCUT2D eigenvalue weighted by Crippen LogP contribution is 2.43. The van der Waals surface area contributed by atoms with Gasteiger partial charge in [0.25, 0.3) is 0 Å². The molecule has 5 atom stereocenters. The van der Waals surface area contributed by atoms with Crippen LogP contribution in [0, 0.1) is 0 Å². The predicted molar refractivity (Wildman–Crippen MR) is 56.9 cm³/mol. The fraction of sp³-hybridized carbons (Fsp3) is 0.818. The Labute approximate surface area is 99.4 Å². The predicted octanol–water partition coefficient (Wildman–Crippen LogP) is -0.867. The van der Waals surface area contributed by atoms with Crippen molar-refractivity contribution in [3.05, 3.63) is 12.7 Å². The minimum atomic E-state index is -1.53. The van der Waals surface area contributed by atoms with Crippen LogP contribution in [-0.2, 0) is 14.2 Å². The van der Waals surface area contributed by atoms with E-state index in [1.807, 2.05) is 0 Å². The van der Waals surface area contributed by atoms with Crippen molar-refractivity contribution < 1.29 is 29.5 Å². The third-order valence-electron chi connectivity index (χ3n) is 3.21. The quantitative estimate of drug-likeness (QED) is 0.561. The van der Waals surface area contributed by atoms with Crippen LogP contribution in [0.4, 0.5) is 0 Å². The molecule has 0 spiro atoms. The van der Waals surface area contributed by atoms with Crippen molar-refractivity contribution in [2.45, 2.75) is 49.8 Å². The van der Waals surface area contributed by atoms with E-state index in [1.165, 1.54) is 6.08 Å². The van der Waals surface area contributed by atoms with E-state index in [2.05, 4.69) is 6.58 Å². The Hall–Kier alpha value is -0.500. The van der Waals surface area contributed by atoms with Gasteiger partial charge in [-0.2, -0.15) is 0 Å². The molecule has 3 N–H and O–H groups in total. The van der Waals surface area contributed by atoms with E-state index in [-0.39, 0.29) is 0 Å². The zero-order valence-corrected chi connectivity index (χ0v) is 9.87. The van der Waals surface area contributed by atoms with Crippen molar-refractivity contribution in [1.82, 2.24) is 0 Å². The summed E-state index contributed by atoms with van der Waals surface area (Å²) in [6.45, 7) is 6.27. The number of aliphatic hydroxyl groups excluding tert-OH is 3. The van der Waals surface area contributed by atoms with Crippen molar-refractivity contribution in [3.63, 3.8) is 0 Å². The highest BCUT2D eigenvalue weighted by atomic mass is 16.8. The fourth-order valence-corrected chi connectivity index (χ4v) is 2.29. The van der Waals surface area contributed by atoms with E-state index in [4.69, 9.17) is 14.2 Å². The maximum Gasteiger partial charge on any atom is 0.190 e. The molecule has 0 radical (unpaired) electrons. The van der Waals surface area contributed by atoms with E-state index in [0.29, 0.717) is 0 Å². The molecular weight excluding hydrogens is 228 g/mol. The molecule has 6 nitrogen and oxygen atoms in total. The second-order valence-corrected chi connectivity index (χ2v) is 4.82. The van der Waals surface area contributed by atoms with Crippen LogP contribution in [0.5, 0.6) is 0 Å². The zero-order chi connectivity index (χ0) is 12.8. The van der Waals surface area contributed by atoms with Crippen LogP contribution >= 0.6 is 0 Å². The Kier molecular flexibility index (Phi) is 3.05. The van der Waals surface area contributed by atoms with Crippen molar-refractivity contribution >= 4 is 0 Å². The molecule has 2 fully saturated rings. The van der Waals surface area contributed by atoms with Crippen LogP contribution in [0.3, 0.4) is 0 Å². The SMILES string of the molecule is C=C[C@@H](O)[C@]1(CO)O[C@@H]2OC(C)(C)O[C@@H]2[C@@H]1O. The summed E-state index contributed by atoms with van der Waals surface area (Å²) in [5, 5.41) is 29.3. The highest BCUT2D eigenvalue weighted by Gasteiger charge is 2.63. The van der Waals surface area contributed by atoms with Crippen molar-refractivity contribution in [2.24, 2.45) is 0 Å². The van der Waals surface area contributed by atoms with Gasteiger partial charge >= 0.3 is 0 Å². The molecular formula is C11H18O6. The molecule has 0 aromatic rings. The molecule has 17 heavy (non-hydrogen) atoms. The summed E-state index contributed by atoms with van der Waals surface area (Å²) in [7, 11) is 0. The molecule has 2 saturated heterocycles. The van der Waals surface area contributed by atoms with E-state index >= 15 is 0 Å². The Bertz CT molecular complexity index is 317. The minimum Gasteiger partial charge on any atom is -0.393 e. The molecule has 0 amide bonds. The monoisotopic (exact) mass is 246 g/mol. The Balaban J connectivity index is 2.24. The molecule has 0 aromatic heterocycles. The first-order valence-electron chi connectivity index (χ1n) is 5.49. The number of fused-ring (bicyclic) bond motifs is 1. The van der Waals surface area contributed by atoms with Crippen molar-refractivity contribution in [3.8, 4) is 0 Å². The summed E-state index contributed by atoms with van der Waals surface area (Å²) in [4.78, 5) is 0. The molecule has 6 heteroatoms. The standard InChI is InChI=1S/C11H18O6/c1-4-6(13)11(5-12)8(14)7-9(17-11)16-10(2,3)15-7/h4,6-9,12-14H,1,5H2,2-3H3/t6-,7-,8+,9+,11+/m1/s1. The van der Waals surface area contributed by atoms with Crippen molar-refractivity contribution in [2.75, 3.05) is 6.61 Å². The van der Waals surface area contributed by atoms with Gasteiger partial charge in [-0.25, -0.2) is 0 Å². The van der Waals surface area contributed by atoms with Crippen LogP contribution in [0.1, 0.15) is 13.8 Å². The van der Waals surface area contributed by atoms with E-state index in [0.717, 1.165) is 0 Å². The second kappa shape index (κ2) is 4.01. The lowest BCUT2D eigenvalue weighted by molar-refractivity contribution is -0.260. The second-order valence-electron chi connectivity index (χ2n) is 4.82. The summed E-state index contributed by atoms with van der Waals surface area (Å²) in [6, 6.07) is 0. The molecule has 2 aliphatic rings. The average Bonchev–Trinajstić information content (AvgIpc) is 2.70. The normalized spacial score (nSPS) is 45.6. The summed E-state index contributed by atoms with van der Waals surface area (Å²) in [5.41, 5.74) is -1.53. The van der Waals surface area contributed by atoms with E-state index in [1.54, 1.807) is 13.8 Å². The van der Waals surface area contributed by atoms with Crippen LogP contribution in [0.15, 0.2) is 12.7 Å². The van der Waals surface area contributed by atoms with E-state index in [9.17, 15) is 15.3 Å². The van der Waals surface area contributed by atoms with Crippen LogP contribution < -0.4 is 0 Å². The summed E-state index contributed by atoms with van der Waals surface area (Å²) >= 11 is 0. The number of aliphatic hydroxyl groups is 3. The third kappa shape index (κ3) is 1.81. The Morgan fingerprint density at radius 1 is 1.35 bits per heavy atom. The zero-order valence-electron chi connectivity index (χ0n) is 9.87. The van der Waals surface area contributed by atoms with Crippen LogP contribution in [-0.4, -0.2) is 57.9 Å². The molecule has 2 aliphatic heterocycles. The Morgan fingerprint density at radius 2 is 2.00 bits per heavy atom. The number of rotatable bonds is 3. The molecule has 2 rings (SSSR count). The van der Waals surface area contributed by atoms with Gasteiger partial charge in [0, 0.05) is 0 Å². The first kappa shape index (κ1) is 12.9. The molecule has 0 unspecified atom stereocenters. The van der Waals surface area contributed by atoms with Gasteiger partial charge in [-0.1, -0.05) is 6.08 Å². The summed E-state index contributed by atoms with van der Waals surface area (Å²) in [6.07, 6.45) is -2.73. The number of hydrogen-bond donors (Lipinski definition) is 3. The molecule has 0 aliphatic carbocycles. The van der Waals surface area contributed by atoms with Gasteiger partial charge < -0.3 is 29.5 Å². The highest BCUT2D eigenvalue weighted by molar-refractivity contribution is 5.10. The lowest BCUT2D eigenvalue weighted by atomic mass is 9.90. The fourth-order valence-electron chi connectivity index (χ4n) is 2.29. The van der Waals surface area contributed by atoms with Gasteiger partial charge in [0.2, 0.25) is 0 Å². The summed E-state index contributed by atoms with van der Waals surface area (Å²) in [5.74, 6) is -0.850. The van der Waals surface area contributed by atoms with Crippen molar-refractivity contribution in [1.29, 1.82) is 0 Å². The van der Waals surface area contributed by atoms with E-state index < -0.39 is 42.6 Å². The van der Waals surface area contributed by atoms with Gasteiger partial charge in [-0.05, 0) is 13.8 Å². The van der Waals surface area contributed by atoms with Gasteiger partial charge in [0.15, 0.2) is 17.7 Å². The van der Waals surface area contributed by atoms with Crippen LogP contribution in [0.25, 0.3) is 0 Å². The Morgan fingerprint density at radius 3 is 2.47 bits per heavy atom. The molecule has 98 valence electrons. The number of hydrogen-bond acceptors (Lipinski definition) is 6. The largest absolute Gasteiger partial charge is 0.393 e. The maximum atomic E-state index is 10.1. The first-order chi connectivity index (χ1) is 7.86. The van der Waals surface area contributed by atoms with Gasteiger partial charge in [-0.15, -0.1) is 6.58 Å². The topological polar surface area (TPSA) is 88.4 Å². The lowest BCUT2D eigenvalue weighted by Crippen LogP contribution is -2.55. The molecule has 0 aromatic carbocycles. The maximum absolute atomic E-state index is 10.1.